The molecule has 0 spiro atoms. The maximum absolute atomic E-state index is 12.3. The van der Waals surface area contributed by atoms with Crippen LogP contribution in [0.15, 0.2) is 36.4 Å². The molecule has 1 aliphatic carbocycles. The van der Waals surface area contributed by atoms with Crippen LogP contribution in [0.1, 0.15) is 28.9 Å². The molecule has 1 aromatic heterocycles. The van der Waals surface area contributed by atoms with Crippen LogP contribution >= 0.6 is 11.3 Å². The molecular weight excluding hydrogens is 364 g/mol. The molecule has 2 atom stereocenters. The van der Waals surface area contributed by atoms with Crippen LogP contribution in [0.3, 0.4) is 0 Å². The predicted octanol–water partition coefficient (Wildman–Crippen LogP) is 4.00. The van der Waals surface area contributed by atoms with Crippen LogP contribution in [0.25, 0.3) is 10.4 Å². The van der Waals surface area contributed by atoms with Gasteiger partial charge in [0.25, 0.3) is 5.91 Å². The van der Waals surface area contributed by atoms with Gasteiger partial charge in [-0.1, -0.05) is 0 Å². The summed E-state index contributed by atoms with van der Waals surface area (Å²) in [5.74, 6) is -1.37. The molecule has 0 bridgehead atoms. The van der Waals surface area contributed by atoms with E-state index in [9.17, 15) is 18.4 Å². The number of carboxylic acids is 1. The first-order valence-corrected chi connectivity index (χ1v) is 8.93. The summed E-state index contributed by atoms with van der Waals surface area (Å²) < 4.78 is 28.7. The van der Waals surface area contributed by atoms with Crippen LogP contribution < -0.4 is 10.1 Å². The minimum Gasteiger partial charge on any atom is -0.481 e. The quantitative estimate of drug-likeness (QED) is 0.793. The summed E-state index contributed by atoms with van der Waals surface area (Å²) in [7, 11) is 0. The molecule has 1 fully saturated rings. The van der Waals surface area contributed by atoms with Gasteiger partial charge < -0.3 is 15.2 Å². The number of halogens is 2. The van der Waals surface area contributed by atoms with Gasteiger partial charge in [0.15, 0.2) is 0 Å². The number of amides is 1. The van der Waals surface area contributed by atoms with Crippen molar-refractivity contribution in [2.75, 3.05) is 0 Å². The van der Waals surface area contributed by atoms with Crippen LogP contribution in [-0.2, 0) is 4.79 Å². The Labute approximate surface area is 152 Å². The lowest BCUT2D eigenvalue weighted by molar-refractivity contribution is -0.141. The minimum absolute atomic E-state index is 0.0764. The number of aliphatic carboxylic acids is 1. The van der Waals surface area contributed by atoms with Crippen LogP contribution in [0.2, 0.25) is 0 Å². The zero-order chi connectivity index (χ0) is 18.7. The van der Waals surface area contributed by atoms with E-state index in [-0.39, 0.29) is 17.7 Å². The molecule has 2 aromatic rings. The Morgan fingerprint density at radius 3 is 2.50 bits per heavy atom. The van der Waals surface area contributed by atoms with Crippen molar-refractivity contribution in [3.8, 4) is 16.2 Å². The van der Waals surface area contributed by atoms with Crippen molar-refractivity contribution < 1.29 is 28.2 Å². The average molecular weight is 381 g/mol. The molecule has 5 nitrogen and oxygen atoms in total. The maximum Gasteiger partial charge on any atom is 0.387 e. The third-order valence-electron chi connectivity index (χ3n) is 4.31. The van der Waals surface area contributed by atoms with Crippen molar-refractivity contribution in [2.45, 2.75) is 31.9 Å². The number of ether oxygens (including phenoxy) is 1. The van der Waals surface area contributed by atoms with Gasteiger partial charge in [-0.05, 0) is 61.2 Å². The van der Waals surface area contributed by atoms with E-state index in [0.717, 1.165) is 10.4 Å². The summed E-state index contributed by atoms with van der Waals surface area (Å²) in [5.41, 5.74) is 0.794. The fourth-order valence-corrected chi connectivity index (χ4v) is 3.92. The standard InChI is InChI=1S/C18H17F2NO4S/c19-18(20)25-13-5-2-10(3-6-13)14-7-8-15(26-14)16(22)21-12-4-1-11(9-12)17(23)24/h2-3,5-8,11-12,18H,1,4,9H2,(H,21,22)(H,23,24)/t11-,12+/m1/s1. The second kappa shape index (κ2) is 7.82. The van der Waals surface area contributed by atoms with E-state index in [4.69, 9.17) is 5.11 Å². The Bertz CT molecular complexity index is 791. The lowest BCUT2D eigenvalue weighted by Crippen LogP contribution is -2.32. The summed E-state index contributed by atoms with van der Waals surface area (Å²) in [6.45, 7) is -2.87. The highest BCUT2D eigenvalue weighted by molar-refractivity contribution is 7.17. The summed E-state index contributed by atoms with van der Waals surface area (Å²) in [6, 6.07) is 9.57. The van der Waals surface area contributed by atoms with Crippen LogP contribution in [0.5, 0.6) is 5.75 Å². The monoisotopic (exact) mass is 381 g/mol. The van der Waals surface area contributed by atoms with Gasteiger partial charge in [-0.3, -0.25) is 9.59 Å². The van der Waals surface area contributed by atoms with Gasteiger partial charge in [0.05, 0.1) is 10.8 Å². The molecule has 26 heavy (non-hydrogen) atoms. The zero-order valence-electron chi connectivity index (χ0n) is 13.7. The second-order valence-electron chi connectivity index (χ2n) is 6.09. The van der Waals surface area contributed by atoms with Gasteiger partial charge in [0.1, 0.15) is 5.75 Å². The first kappa shape index (κ1) is 18.3. The molecule has 2 N–H and O–H groups in total. The molecule has 1 aliphatic rings. The largest absolute Gasteiger partial charge is 0.481 e. The number of alkyl halides is 2. The minimum atomic E-state index is -2.87. The van der Waals surface area contributed by atoms with E-state index in [1.165, 1.54) is 23.5 Å². The Morgan fingerprint density at radius 2 is 1.88 bits per heavy atom. The number of carboxylic acid groups (broad SMARTS) is 1. The Hall–Kier alpha value is -2.48. The normalized spacial score (nSPS) is 19.5. The van der Waals surface area contributed by atoms with Crippen molar-refractivity contribution in [1.82, 2.24) is 5.32 Å². The number of nitrogens with one attached hydrogen (secondary N) is 1. The molecule has 8 heteroatoms. The van der Waals surface area contributed by atoms with Crippen LogP contribution in [0, 0.1) is 5.92 Å². The molecule has 1 heterocycles. The molecule has 0 unspecified atom stereocenters. The average Bonchev–Trinajstić information content (AvgIpc) is 3.24. The van der Waals surface area contributed by atoms with Gasteiger partial charge in [-0.2, -0.15) is 8.78 Å². The molecular formula is C18H17F2NO4S. The lowest BCUT2D eigenvalue weighted by atomic mass is 10.1. The van der Waals surface area contributed by atoms with E-state index < -0.39 is 18.5 Å². The van der Waals surface area contributed by atoms with Crippen molar-refractivity contribution in [3.05, 3.63) is 41.3 Å². The summed E-state index contributed by atoms with van der Waals surface area (Å²) in [5, 5.41) is 11.9. The fourth-order valence-electron chi connectivity index (χ4n) is 3.01. The molecule has 138 valence electrons. The summed E-state index contributed by atoms with van der Waals surface area (Å²) >= 11 is 1.29. The first-order valence-electron chi connectivity index (χ1n) is 8.11. The summed E-state index contributed by atoms with van der Waals surface area (Å²) in [4.78, 5) is 24.7. The van der Waals surface area contributed by atoms with Gasteiger partial charge in [-0.25, -0.2) is 0 Å². The van der Waals surface area contributed by atoms with Crippen molar-refractivity contribution in [1.29, 1.82) is 0 Å². The SMILES string of the molecule is O=C(N[C@H]1CC[C@@H](C(=O)O)C1)c1ccc(-c2ccc(OC(F)F)cc2)s1. The second-order valence-corrected chi connectivity index (χ2v) is 7.17. The van der Waals surface area contributed by atoms with Gasteiger partial charge >= 0.3 is 12.6 Å². The van der Waals surface area contributed by atoms with E-state index >= 15 is 0 Å². The van der Waals surface area contributed by atoms with Gasteiger partial charge in [0.2, 0.25) is 0 Å². The smallest absolute Gasteiger partial charge is 0.387 e. The van der Waals surface area contributed by atoms with E-state index in [2.05, 4.69) is 10.1 Å². The zero-order valence-corrected chi connectivity index (χ0v) is 14.5. The van der Waals surface area contributed by atoms with Crippen LogP contribution in [0.4, 0.5) is 8.78 Å². The first-order chi connectivity index (χ1) is 12.4. The number of hydrogen-bond acceptors (Lipinski definition) is 4. The predicted molar refractivity (Wildman–Crippen MR) is 92.6 cm³/mol. The molecule has 0 radical (unpaired) electrons. The number of thiophene rings is 1. The number of carbonyl (C=O) groups excluding carboxylic acids is 1. The maximum atomic E-state index is 12.3. The van der Waals surface area contributed by atoms with Crippen molar-refractivity contribution >= 4 is 23.2 Å². The van der Waals surface area contributed by atoms with E-state index in [1.54, 1.807) is 24.3 Å². The van der Waals surface area contributed by atoms with E-state index in [1.807, 2.05) is 0 Å². The Balaban J connectivity index is 1.62. The molecule has 0 aliphatic heterocycles. The van der Waals surface area contributed by atoms with Crippen molar-refractivity contribution in [3.63, 3.8) is 0 Å². The number of benzene rings is 1. The molecule has 3 rings (SSSR count). The lowest BCUT2D eigenvalue weighted by Gasteiger charge is -2.11. The molecule has 0 saturated heterocycles. The van der Waals surface area contributed by atoms with E-state index in [0.29, 0.717) is 24.1 Å². The number of rotatable bonds is 6. The third kappa shape index (κ3) is 4.37. The number of hydrogen-bond donors (Lipinski definition) is 2. The molecule has 1 amide bonds. The van der Waals surface area contributed by atoms with Crippen molar-refractivity contribution in [2.24, 2.45) is 5.92 Å². The highest BCUT2D eigenvalue weighted by atomic mass is 32.1. The Morgan fingerprint density at radius 1 is 1.15 bits per heavy atom. The van der Waals surface area contributed by atoms with Gasteiger partial charge in [-0.15, -0.1) is 11.3 Å². The fraction of sp³-hybridized carbons (Fsp3) is 0.333. The third-order valence-corrected chi connectivity index (χ3v) is 5.44. The molecule has 1 saturated carbocycles. The highest BCUT2D eigenvalue weighted by Crippen LogP contribution is 2.31. The topological polar surface area (TPSA) is 75.6 Å². The van der Waals surface area contributed by atoms with Crippen LogP contribution in [-0.4, -0.2) is 29.6 Å². The number of carbonyl (C=O) groups is 2. The van der Waals surface area contributed by atoms with Gasteiger partial charge in [0, 0.05) is 10.9 Å². The Kier molecular flexibility index (Phi) is 5.51. The molecule has 1 aromatic carbocycles. The highest BCUT2D eigenvalue weighted by Gasteiger charge is 2.30. The summed E-state index contributed by atoms with van der Waals surface area (Å²) in [6.07, 6.45) is 1.68.